The highest BCUT2D eigenvalue weighted by Crippen LogP contribution is 2.19. The van der Waals surface area contributed by atoms with E-state index < -0.39 is 12.1 Å². The molecule has 6 heteroatoms. The van der Waals surface area contributed by atoms with Gasteiger partial charge in [0.1, 0.15) is 0 Å². The maximum atomic E-state index is 11.7. The van der Waals surface area contributed by atoms with Gasteiger partial charge in [-0.05, 0) is 25.3 Å². The summed E-state index contributed by atoms with van der Waals surface area (Å²) >= 11 is 0. The average Bonchev–Trinajstić information content (AvgIpc) is 2.93. The zero-order valence-corrected chi connectivity index (χ0v) is 12.0. The number of ether oxygens (including phenoxy) is 1. The molecule has 2 amide bonds. The summed E-state index contributed by atoms with van der Waals surface area (Å²) in [5, 5.41) is 14.3. The van der Waals surface area contributed by atoms with Crippen LogP contribution in [0.1, 0.15) is 24.0 Å². The Labute approximate surface area is 123 Å². The molecular formula is C15H20N2O4. The summed E-state index contributed by atoms with van der Waals surface area (Å²) in [6.45, 7) is 2.79. The standard InChI is InChI=1S/C15H20N2O4/c1-10-2-4-11(5-3-10)8-16-15(20)17-9-12-6-7-13(21-12)14(18)19/h2-5,12-13H,6-9H2,1H3,(H,18,19)(H2,16,17,20). The lowest BCUT2D eigenvalue weighted by molar-refractivity contribution is -0.149. The smallest absolute Gasteiger partial charge is 0.332 e. The molecule has 1 aromatic rings. The number of carbonyl (C=O) groups is 2. The molecule has 2 unspecified atom stereocenters. The number of carboxylic acids is 1. The van der Waals surface area contributed by atoms with E-state index in [1.54, 1.807) is 0 Å². The average molecular weight is 292 g/mol. The Hall–Kier alpha value is -2.08. The zero-order chi connectivity index (χ0) is 15.2. The van der Waals surface area contributed by atoms with Gasteiger partial charge in [0.25, 0.3) is 0 Å². The van der Waals surface area contributed by atoms with Crippen LogP contribution in [-0.4, -0.2) is 35.9 Å². The molecule has 1 saturated heterocycles. The highest BCUT2D eigenvalue weighted by Gasteiger charge is 2.30. The number of benzene rings is 1. The molecule has 0 saturated carbocycles. The number of hydrogen-bond acceptors (Lipinski definition) is 3. The van der Waals surface area contributed by atoms with Crippen LogP contribution < -0.4 is 10.6 Å². The number of carboxylic acid groups (broad SMARTS) is 1. The molecule has 3 N–H and O–H groups in total. The minimum Gasteiger partial charge on any atom is -0.479 e. The van der Waals surface area contributed by atoms with Crippen LogP contribution >= 0.6 is 0 Å². The van der Waals surface area contributed by atoms with Gasteiger partial charge in [0.2, 0.25) is 0 Å². The van der Waals surface area contributed by atoms with Crippen molar-refractivity contribution in [1.82, 2.24) is 10.6 Å². The Morgan fingerprint density at radius 1 is 1.24 bits per heavy atom. The molecular weight excluding hydrogens is 272 g/mol. The third kappa shape index (κ3) is 4.75. The fourth-order valence-electron chi connectivity index (χ4n) is 2.19. The van der Waals surface area contributed by atoms with E-state index in [-0.39, 0.29) is 12.1 Å². The van der Waals surface area contributed by atoms with Crippen molar-refractivity contribution in [2.75, 3.05) is 6.54 Å². The molecule has 0 aromatic heterocycles. The predicted molar refractivity (Wildman–Crippen MR) is 76.9 cm³/mol. The largest absolute Gasteiger partial charge is 0.479 e. The summed E-state index contributed by atoms with van der Waals surface area (Å²) < 4.78 is 5.31. The van der Waals surface area contributed by atoms with Crippen molar-refractivity contribution in [2.45, 2.75) is 38.5 Å². The van der Waals surface area contributed by atoms with Gasteiger partial charge >= 0.3 is 12.0 Å². The van der Waals surface area contributed by atoms with Gasteiger partial charge in [-0.15, -0.1) is 0 Å². The monoisotopic (exact) mass is 292 g/mol. The molecule has 1 aliphatic rings. The fourth-order valence-corrected chi connectivity index (χ4v) is 2.19. The predicted octanol–water partition coefficient (Wildman–Crippen LogP) is 1.43. The minimum absolute atomic E-state index is 0.226. The molecule has 0 spiro atoms. The summed E-state index contributed by atoms with van der Waals surface area (Å²) in [6, 6.07) is 7.64. The Morgan fingerprint density at radius 2 is 1.95 bits per heavy atom. The Bertz CT molecular complexity index is 501. The zero-order valence-electron chi connectivity index (χ0n) is 12.0. The van der Waals surface area contributed by atoms with Crippen LogP contribution in [0.5, 0.6) is 0 Å². The van der Waals surface area contributed by atoms with E-state index in [0.29, 0.717) is 25.9 Å². The summed E-state index contributed by atoms with van der Waals surface area (Å²) in [7, 11) is 0. The fraction of sp³-hybridized carbons (Fsp3) is 0.467. The highest BCUT2D eigenvalue weighted by molar-refractivity contribution is 5.74. The van der Waals surface area contributed by atoms with Crippen LogP contribution in [0.3, 0.4) is 0 Å². The molecule has 2 rings (SSSR count). The number of aliphatic carboxylic acids is 1. The molecule has 1 fully saturated rings. The molecule has 0 bridgehead atoms. The highest BCUT2D eigenvalue weighted by atomic mass is 16.5. The molecule has 1 aromatic carbocycles. The first-order valence-electron chi connectivity index (χ1n) is 7.00. The van der Waals surface area contributed by atoms with Crippen LogP contribution in [0, 0.1) is 6.92 Å². The SMILES string of the molecule is Cc1ccc(CNC(=O)NCC2CCC(C(=O)O)O2)cc1. The number of hydrogen-bond donors (Lipinski definition) is 3. The molecule has 6 nitrogen and oxygen atoms in total. The molecule has 1 heterocycles. The second-order valence-corrected chi connectivity index (χ2v) is 5.21. The Kier molecular flexibility index (Phi) is 5.16. The van der Waals surface area contributed by atoms with E-state index in [1.165, 1.54) is 5.56 Å². The lowest BCUT2D eigenvalue weighted by Gasteiger charge is -2.13. The van der Waals surface area contributed by atoms with Gasteiger partial charge in [0.05, 0.1) is 6.10 Å². The number of rotatable bonds is 5. The van der Waals surface area contributed by atoms with E-state index in [4.69, 9.17) is 9.84 Å². The summed E-state index contributed by atoms with van der Waals surface area (Å²) in [4.78, 5) is 22.4. The van der Waals surface area contributed by atoms with Gasteiger partial charge in [-0.25, -0.2) is 9.59 Å². The van der Waals surface area contributed by atoms with Gasteiger partial charge in [0.15, 0.2) is 6.10 Å². The van der Waals surface area contributed by atoms with Crippen LogP contribution in [0.25, 0.3) is 0 Å². The quantitative estimate of drug-likeness (QED) is 0.766. The Morgan fingerprint density at radius 3 is 2.57 bits per heavy atom. The summed E-state index contributed by atoms with van der Waals surface area (Å²) in [6.07, 6.45) is 0.172. The molecule has 2 atom stereocenters. The van der Waals surface area contributed by atoms with Crippen LogP contribution in [0.4, 0.5) is 4.79 Å². The molecule has 21 heavy (non-hydrogen) atoms. The van der Waals surface area contributed by atoms with Crippen molar-refractivity contribution in [1.29, 1.82) is 0 Å². The van der Waals surface area contributed by atoms with E-state index >= 15 is 0 Å². The third-order valence-electron chi connectivity index (χ3n) is 3.45. The topological polar surface area (TPSA) is 87.7 Å². The summed E-state index contributed by atoms with van der Waals surface area (Å²) in [5.74, 6) is -0.943. The lowest BCUT2D eigenvalue weighted by Crippen LogP contribution is -2.39. The van der Waals surface area contributed by atoms with Crippen LogP contribution in [0.2, 0.25) is 0 Å². The van der Waals surface area contributed by atoms with E-state index in [1.807, 2.05) is 31.2 Å². The first-order chi connectivity index (χ1) is 10.0. The molecule has 0 radical (unpaired) electrons. The van der Waals surface area contributed by atoms with Crippen molar-refractivity contribution >= 4 is 12.0 Å². The first kappa shape index (κ1) is 15.3. The van der Waals surface area contributed by atoms with Crippen LogP contribution in [-0.2, 0) is 16.1 Å². The molecule has 0 aliphatic carbocycles. The normalized spacial score (nSPS) is 21.0. The second-order valence-electron chi connectivity index (χ2n) is 5.21. The molecule has 1 aliphatic heterocycles. The molecule has 114 valence electrons. The van der Waals surface area contributed by atoms with Gasteiger partial charge in [-0.3, -0.25) is 0 Å². The minimum atomic E-state index is -0.943. The van der Waals surface area contributed by atoms with E-state index in [9.17, 15) is 9.59 Å². The van der Waals surface area contributed by atoms with Gasteiger partial charge < -0.3 is 20.5 Å². The number of urea groups is 1. The van der Waals surface area contributed by atoms with Crippen molar-refractivity contribution in [3.63, 3.8) is 0 Å². The van der Waals surface area contributed by atoms with Crippen molar-refractivity contribution in [3.8, 4) is 0 Å². The van der Waals surface area contributed by atoms with Gasteiger partial charge in [-0.2, -0.15) is 0 Å². The summed E-state index contributed by atoms with van der Waals surface area (Å²) in [5.41, 5.74) is 2.20. The number of amides is 2. The number of nitrogens with one attached hydrogen (secondary N) is 2. The van der Waals surface area contributed by atoms with Crippen molar-refractivity contribution < 1.29 is 19.4 Å². The number of carbonyl (C=O) groups excluding carboxylic acids is 1. The number of aryl methyl sites for hydroxylation is 1. The van der Waals surface area contributed by atoms with Crippen molar-refractivity contribution in [3.05, 3.63) is 35.4 Å². The Balaban J connectivity index is 1.66. The van der Waals surface area contributed by atoms with E-state index in [0.717, 1.165) is 5.56 Å². The second kappa shape index (κ2) is 7.08. The van der Waals surface area contributed by atoms with Crippen LogP contribution in [0.15, 0.2) is 24.3 Å². The maximum absolute atomic E-state index is 11.7. The van der Waals surface area contributed by atoms with Crippen molar-refractivity contribution in [2.24, 2.45) is 0 Å². The maximum Gasteiger partial charge on any atom is 0.332 e. The lowest BCUT2D eigenvalue weighted by atomic mass is 10.1. The van der Waals surface area contributed by atoms with Gasteiger partial charge in [0, 0.05) is 13.1 Å². The first-order valence-corrected chi connectivity index (χ1v) is 7.00. The van der Waals surface area contributed by atoms with Gasteiger partial charge in [-0.1, -0.05) is 29.8 Å². The third-order valence-corrected chi connectivity index (χ3v) is 3.45. The van der Waals surface area contributed by atoms with E-state index in [2.05, 4.69) is 10.6 Å².